The van der Waals surface area contributed by atoms with Crippen LogP contribution < -0.4 is 10.2 Å². The summed E-state index contributed by atoms with van der Waals surface area (Å²) >= 11 is 12.4. The van der Waals surface area contributed by atoms with Crippen LogP contribution in [0.5, 0.6) is 11.5 Å². The molecule has 0 saturated carbocycles. The van der Waals surface area contributed by atoms with Crippen LogP contribution in [0.15, 0.2) is 65.8 Å². The van der Waals surface area contributed by atoms with Crippen molar-refractivity contribution in [3.63, 3.8) is 0 Å². The van der Waals surface area contributed by atoms with E-state index in [9.17, 15) is 9.90 Å². The Kier molecular flexibility index (Phi) is 6.30. The minimum atomic E-state index is -0.347. The molecule has 1 heterocycles. The number of halogens is 2. The quantitative estimate of drug-likeness (QED) is 0.311. The SMILES string of the molecule is COc1ccc(-c2nc3cc(Cl)c(Cl)cc3n2CC(=O)NN=Cc2ccc(O)cc2)cc1. The number of nitrogens with zero attached hydrogens (tertiary/aromatic N) is 3. The summed E-state index contributed by atoms with van der Waals surface area (Å²) in [5.74, 6) is 1.10. The Hall–Kier alpha value is -3.55. The largest absolute Gasteiger partial charge is 0.508 e. The van der Waals surface area contributed by atoms with E-state index >= 15 is 0 Å². The number of phenolic OH excluding ortho intramolecular Hbond substituents is 1. The Bertz CT molecular complexity index is 1300. The molecule has 4 rings (SSSR count). The van der Waals surface area contributed by atoms with Crippen LogP contribution in [0.25, 0.3) is 22.4 Å². The summed E-state index contributed by atoms with van der Waals surface area (Å²) in [4.78, 5) is 17.3. The predicted octanol–water partition coefficient (Wildman–Crippen LogP) is 4.87. The fourth-order valence-corrected chi connectivity index (χ4v) is 3.47. The number of imidazole rings is 1. The average molecular weight is 469 g/mol. The van der Waals surface area contributed by atoms with Crippen molar-refractivity contribution in [3.05, 3.63) is 76.3 Å². The molecule has 1 aromatic heterocycles. The van der Waals surface area contributed by atoms with Gasteiger partial charge in [0.15, 0.2) is 0 Å². The van der Waals surface area contributed by atoms with Gasteiger partial charge in [-0.05, 0) is 66.2 Å². The molecule has 0 bridgehead atoms. The van der Waals surface area contributed by atoms with Gasteiger partial charge >= 0.3 is 0 Å². The van der Waals surface area contributed by atoms with Crippen molar-refractivity contribution < 1.29 is 14.6 Å². The number of nitrogens with one attached hydrogen (secondary N) is 1. The molecule has 3 aromatic carbocycles. The summed E-state index contributed by atoms with van der Waals surface area (Å²) in [6.07, 6.45) is 1.49. The number of aromatic nitrogens is 2. The maximum absolute atomic E-state index is 12.6. The number of phenols is 1. The van der Waals surface area contributed by atoms with Gasteiger partial charge in [0.05, 0.1) is 34.4 Å². The van der Waals surface area contributed by atoms with Gasteiger partial charge in [-0.3, -0.25) is 4.79 Å². The van der Waals surface area contributed by atoms with Crippen LogP contribution in [0, 0.1) is 0 Å². The topological polar surface area (TPSA) is 88.7 Å². The molecule has 0 unspecified atom stereocenters. The first kappa shape index (κ1) is 21.7. The van der Waals surface area contributed by atoms with Crippen LogP contribution in [0.2, 0.25) is 10.0 Å². The average Bonchev–Trinajstić information content (AvgIpc) is 3.12. The van der Waals surface area contributed by atoms with Crippen LogP contribution >= 0.6 is 23.2 Å². The first-order valence-corrected chi connectivity index (χ1v) is 10.3. The first-order chi connectivity index (χ1) is 15.4. The molecular formula is C23H18Cl2N4O3. The van der Waals surface area contributed by atoms with E-state index in [0.29, 0.717) is 32.7 Å². The molecule has 0 aliphatic rings. The van der Waals surface area contributed by atoms with Crippen LogP contribution in [-0.2, 0) is 11.3 Å². The molecule has 0 aliphatic carbocycles. The monoisotopic (exact) mass is 468 g/mol. The van der Waals surface area contributed by atoms with Gasteiger partial charge in [-0.15, -0.1) is 0 Å². The number of ether oxygens (including phenoxy) is 1. The zero-order valence-corrected chi connectivity index (χ0v) is 18.4. The van der Waals surface area contributed by atoms with Crippen molar-refractivity contribution in [2.24, 2.45) is 5.10 Å². The first-order valence-electron chi connectivity index (χ1n) is 9.55. The Morgan fingerprint density at radius 2 is 1.81 bits per heavy atom. The standard InChI is InChI=1S/C23H18Cl2N4O3/c1-32-17-8-4-15(5-9-17)23-27-20-10-18(24)19(25)11-21(20)29(23)13-22(31)28-26-12-14-2-6-16(30)7-3-14/h2-12,30H,13H2,1H3,(H,28,31). The number of amides is 1. The maximum atomic E-state index is 12.6. The molecule has 0 fully saturated rings. The molecule has 0 atom stereocenters. The van der Waals surface area contributed by atoms with E-state index in [2.05, 4.69) is 15.5 Å². The summed E-state index contributed by atoms with van der Waals surface area (Å²) in [5, 5.41) is 14.1. The van der Waals surface area contributed by atoms with E-state index < -0.39 is 0 Å². The Balaban J connectivity index is 1.64. The van der Waals surface area contributed by atoms with Crippen LogP contribution in [0.3, 0.4) is 0 Å². The number of rotatable bonds is 6. The van der Waals surface area contributed by atoms with Crippen molar-refractivity contribution in [1.29, 1.82) is 0 Å². The van der Waals surface area contributed by atoms with Gasteiger partial charge < -0.3 is 14.4 Å². The molecule has 4 aromatic rings. The summed E-state index contributed by atoms with van der Waals surface area (Å²) in [5.41, 5.74) is 5.33. The third-order valence-electron chi connectivity index (χ3n) is 4.74. The molecule has 2 N–H and O–H groups in total. The number of fused-ring (bicyclic) bond motifs is 1. The lowest BCUT2D eigenvalue weighted by Gasteiger charge is -2.09. The van der Waals surface area contributed by atoms with Gasteiger partial charge in [-0.2, -0.15) is 5.10 Å². The number of hydrazone groups is 1. The highest BCUT2D eigenvalue weighted by Gasteiger charge is 2.17. The van der Waals surface area contributed by atoms with E-state index in [-0.39, 0.29) is 18.2 Å². The van der Waals surface area contributed by atoms with Crippen LogP contribution in [-0.4, -0.2) is 33.9 Å². The van der Waals surface area contributed by atoms with Gasteiger partial charge in [0.1, 0.15) is 23.9 Å². The van der Waals surface area contributed by atoms with Crippen molar-refractivity contribution in [2.75, 3.05) is 7.11 Å². The minimum Gasteiger partial charge on any atom is -0.508 e. The smallest absolute Gasteiger partial charge is 0.260 e. The molecule has 0 spiro atoms. The zero-order chi connectivity index (χ0) is 22.7. The van der Waals surface area contributed by atoms with E-state index in [1.165, 1.54) is 18.3 Å². The molecule has 0 saturated heterocycles. The van der Waals surface area contributed by atoms with E-state index in [0.717, 1.165) is 11.1 Å². The molecule has 32 heavy (non-hydrogen) atoms. The van der Waals surface area contributed by atoms with Gasteiger partial charge in [0, 0.05) is 5.56 Å². The van der Waals surface area contributed by atoms with E-state index in [4.69, 9.17) is 27.9 Å². The second-order valence-corrected chi connectivity index (χ2v) is 7.70. The lowest BCUT2D eigenvalue weighted by Crippen LogP contribution is -2.23. The fourth-order valence-electron chi connectivity index (χ4n) is 3.16. The molecule has 0 radical (unpaired) electrons. The molecule has 162 valence electrons. The van der Waals surface area contributed by atoms with Crippen molar-refractivity contribution in [3.8, 4) is 22.9 Å². The third kappa shape index (κ3) is 4.69. The second kappa shape index (κ2) is 9.30. The summed E-state index contributed by atoms with van der Waals surface area (Å²) in [7, 11) is 1.59. The number of benzene rings is 3. The second-order valence-electron chi connectivity index (χ2n) is 6.89. The molecular weight excluding hydrogens is 451 g/mol. The van der Waals surface area contributed by atoms with Gasteiger partial charge in [0.2, 0.25) is 0 Å². The van der Waals surface area contributed by atoms with Gasteiger partial charge in [-0.1, -0.05) is 23.2 Å². The third-order valence-corrected chi connectivity index (χ3v) is 5.46. The lowest BCUT2D eigenvalue weighted by molar-refractivity contribution is -0.121. The zero-order valence-electron chi connectivity index (χ0n) is 16.9. The number of methoxy groups -OCH3 is 1. The highest BCUT2D eigenvalue weighted by Crippen LogP contribution is 2.32. The van der Waals surface area contributed by atoms with Gasteiger partial charge in [-0.25, -0.2) is 10.4 Å². The van der Waals surface area contributed by atoms with Crippen LogP contribution in [0.4, 0.5) is 0 Å². The van der Waals surface area contributed by atoms with Crippen molar-refractivity contribution in [1.82, 2.24) is 15.0 Å². The van der Waals surface area contributed by atoms with Crippen molar-refractivity contribution in [2.45, 2.75) is 6.54 Å². The number of carbonyl (C=O) groups excluding carboxylic acids is 1. The summed E-state index contributed by atoms with van der Waals surface area (Å²) < 4.78 is 6.98. The summed E-state index contributed by atoms with van der Waals surface area (Å²) in [6, 6.07) is 17.2. The highest BCUT2D eigenvalue weighted by molar-refractivity contribution is 6.42. The number of hydrogen-bond donors (Lipinski definition) is 2. The Morgan fingerprint density at radius 3 is 2.50 bits per heavy atom. The lowest BCUT2D eigenvalue weighted by atomic mass is 10.2. The predicted molar refractivity (Wildman–Crippen MR) is 126 cm³/mol. The minimum absolute atomic E-state index is 0.0389. The summed E-state index contributed by atoms with van der Waals surface area (Å²) in [6.45, 7) is -0.0389. The maximum Gasteiger partial charge on any atom is 0.260 e. The van der Waals surface area contributed by atoms with Gasteiger partial charge in [0.25, 0.3) is 5.91 Å². The number of carbonyl (C=O) groups is 1. The van der Waals surface area contributed by atoms with E-state index in [1.807, 2.05) is 24.3 Å². The fraction of sp³-hybridized carbons (Fsp3) is 0.0870. The molecule has 9 heteroatoms. The Morgan fingerprint density at radius 1 is 1.12 bits per heavy atom. The normalized spacial score (nSPS) is 11.2. The van der Waals surface area contributed by atoms with Crippen LogP contribution in [0.1, 0.15) is 5.56 Å². The molecule has 0 aliphatic heterocycles. The molecule has 7 nitrogen and oxygen atoms in total. The number of hydrogen-bond acceptors (Lipinski definition) is 5. The molecule has 1 amide bonds. The van der Waals surface area contributed by atoms with Crippen molar-refractivity contribution >= 4 is 46.4 Å². The Labute approximate surface area is 193 Å². The highest BCUT2D eigenvalue weighted by atomic mass is 35.5. The number of aromatic hydroxyl groups is 1. The van der Waals surface area contributed by atoms with E-state index in [1.54, 1.807) is 35.9 Å².